The second-order valence-electron chi connectivity index (χ2n) is 5.97. The largest absolute Gasteiger partial charge is 0.319 e. The minimum absolute atomic E-state index is 0.120. The van der Waals surface area contributed by atoms with Gasteiger partial charge >= 0.3 is 5.69 Å². The highest BCUT2D eigenvalue weighted by atomic mass is 19.3. The number of alkyl halides is 2. The Morgan fingerprint density at radius 2 is 1.96 bits per heavy atom. The Morgan fingerprint density at radius 3 is 2.57 bits per heavy atom. The van der Waals surface area contributed by atoms with Crippen molar-refractivity contribution >= 4 is 17.4 Å². The molecule has 1 N–H and O–H groups in total. The molecule has 11 heteroatoms. The zero-order valence-electron chi connectivity index (χ0n) is 14.7. The summed E-state index contributed by atoms with van der Waals surface area (Å²) in [5.41, 5.74) is -0.829. The van der Waals surface area contributed by atoms with Crippen molar-refractivity contribution in [2.75, 3.05) is 5.32 Å². The summed E-state index contributed by atoms with van der Waals surface area (Å²) >= 11 is 0. The van der Waals surface area contributed by atoms with Gasteiger partial charge in [0.25, 0.3) is 6.43 Å². The third-order valence-electron chi connectivity index (χ3n) is 3.98. The lowest BCUT2D eigenvalue weighted by Crippen LogP contribution is -2.21. The molecule has 2 aromatic heterocycles. The molecule has 0 unspecified atom stereocenters. The first-order valence-corrected chi connectivity index (χ1v) is 8.22. The number of benzene rings is 1. The zero-order valence-corrected chi connectivity index (χ0v) is 14.7. The molecule has 9 nitrogen and oxygen atoms in total. The van der Waals surface area contributed by atoms with Crippen LogP contribution in [0, 0.1) is 17.0 Å². The third kappa shape index (κ3) is 4.19. The van der Waals surface area contributed by atoms with Gasteiger partial charge in [0.15, 0.2) is 5.82 Å². The summed E-state index contributed by atoms with van der Waals surface area (Å²) in [6, 6.07) is 11.2. The average molecular weight is 390 g/mol. The Bertz CT molecular complexity index is 1000. The number of nitrogens with zero attached hydrogens (tertiary/aromatic N) is 5. The SMILES string of the molecule is Cc1c([N+](=O)[O-])c(C(F)F)nn1CC(=O)Nc1ccn(Cc2ccccc2)n1. The number of hydrogen-bond donors (Lipinski definition) is 1. The molecule has 0 aliphatic rings. The van der Waals surface area contributed by atoms with Crippen LogP contribution < -0.4 is 5.32 Å². The van der Waals surface area contributed by atoms with Crippen LogP contribution in [0.15, 0.2) is 42.6 Å². The third-order valence-corrected chi connectivity index (χ3v) is 3.98. The Labute approximate surface area is 157 Å². The second-order valence-corrected chi connectivity index (χ2v) is 5.97. The molecule has 1 aromatic carbocycles. The Balaban J connectivity index is 1.68. The van der Waals surface area contributed by atoms with Crippen molar-refractivity contribution in [1.29, 1.82) is 0 Å². The molecule has 0 atom stereocenters. The molecule has 0 spiro atoms. The van der Waals surface area contributed by atoms with Crippen molar-refractivity contribution in [2.24, 2.45) is 0 Å². The summed E-state index contributed by atoms with van der Waals surface area (Å²) in [7, 11) is 0. The molecule has 3 rings (SSSR count). The summed E-state index contributed by atoms with van der Waals surface area (Å²) in [4.78, 5) is 22.3. The molecular formula is C17H16F2N6O3. The molecule has 28 heavy (non-hydrogen) atoms. The molecule has 0 saturated carbocycles. The summed E-state index contributed by atoms with van der Waals surface area (Å²) < 4.78 is 28.4. The van der Waals surface area contributed by atoms with E-state index in [1.165, 1.54) is 6.92 Å². The van der Waals surface area contributed by atoms with Crippen LogP contribution in [0.2, 0.25) is 0 Å². The van der Waals surface area contributed by atoms with E-state index in [1.807, 2.05) is 30.3 Å². The predicted octanol–water partition coefficient (Wildman–Crippen LogP) is 2.92. The van der Waals surface area contributed by atoms with Gasteiger partial charge in [-0.15, -0.1) is 0 Å². The smallest absolute Gasteiger partial charge is 0.308 e. The molecule has 0 bridgehead atoms. The minimum atomic E-state index is -3.11. The number of hydrogen-bond acceptors (Lipinski definition) is 5. The van der Waals surface area contributed by atoms with Crippen molar-refractivity contribution in [1.82, 2.24) is 19.6 Å². The number of aromatic nitrogens is 4. The van der Waals surface area contributed by atoms with E-state index in [0.717, 1.165) is 10.2 Å². The quantitative estimate of drug-likeness (QED) is 0.493. The number of anilines is 1. The Hall–Kier alpha value is -3.63. The number of amides is 1. The van der Waals surface area contributed by atoms with E-state index < -0.39 is 35.2 Å². The molecule has 1 amide bonds. The fraction of sp³-hybridized carbons (Fsp3) is 0.235. The van der Waals surface area contributed by atoms with Crippen LogP contribution in [0.4, 0.5) is 20.3 Å². The Kier molecular flexibility index (Phi) is 5.43. The van der Waals surface area contributed by atoms with Gasteiger partial charge < -0.3 is 5.32 Å². The first-order valence-electron chi connectivity index (χ1n) is 8.22. The standard InChI is InChI=1S/C17H16F2N6O3/c1-11-16(25(27)28)15(17(18)19)22-24(11)10-14(26)20-13-7-8-23(21-13)9-12-5-3-2-4-6-12/h2-8,17H,9-10H2,1H3,(H,20,21,26). The van der Waals surface area contributed by atoms with Crippen LogP contribution >= 0.6 is 0 Å². The molecule has 3 aromatic rings. The van der Waals surface area contributed by atoms with E-state index in [4.69, 9.17) is 0 Å². The molecule has 2 heterocycles. The normalized spacial score (nSPS) is 11.0. The van der Waals surface area contributed by atoms with Crippen LogP contribution in [0.1, 0.15) is 23.4 Å². The summed E-state index contributed by atoms with van der Waals surface area (Å²) in [5.74, 6) is -0.319. The van der Waals surface area contributed by atoms with Gasteiger partial charge in [0.1, 0.15) is 12.2 Å². The lowest BCUT2D eigenvalue weighted by Gasteiger charge is -2.04. The average Bonchev–Trinajstić information content (AvgIpc) is 3.20. The van der Waals surface area contributed by atoms with Gasteiger partial charge in [0.05, 0.1) is 11.5 Å². The van der Waals surface area contributed by atoms with E-state index in [0.29, 0.717) is 6.54 Å². The van der Waals surface area contributed by atoms with Crippen molar-refractivity contribution in [3.63, 3.8) is 0 Å². The van der Waals surface area contributed by atoms with E-state index in [-0.39, 0.29) is 11.5 Å². The number of carbonyl (C=O) groups excluding carboxylic acids is 1. The van der Waals surface area contributed by atoms with Crippen LogP contribution in [0.5, 0.6) is 0 Å². The van der Waals surface area contributed by atoms with Crippen molar-refractivity contribution in [3.05, 3.63) is 69.7 Å². The van der Waals surface area contributed by atoms with Gasteiger partial charge in [-0.05, 0) is 12.5 Å². The number of carbonyl (C=O) groups is 1. The number of halogens is 2. The molecule has 0 saturated heterocycles. The number of rotatable bonds is 7. The van der Waals surface area contributed by atoms with Crippen LogP contribution in [-0.4, -0.2) is 30.4 Å². The van der Waals surface area contributed by atoms with Gasteiger partial charge in [0.2, 0.25) is 11.6 Å². The van der Waals surface area contributed by atoms with Gasteiger partial charge in [-0.1, -0.05) is 30.3 Å². The van der Waals surface area contributed by atoms with Crippen molar-refractivity contribution in [3.8, 4) is 0 Å². The van der Waals surface area contributed by atoms with Gasteiger partial charge in [-0.3, -0.25) is 24.3 Å². The second kappa shape index (κ2) is 7.94. The predicted molar refractivity (Wildman–Crippen MR) is 95.0 cm³/mol. The highest BCUT2D eigenvalue weighted by Crippen LogP contribution is 2.30. The van der Waals surface area contributed by atoms with Gasteiger partial charge in [-0.25, -0.2) is 8.78 Å². The van der Waals surface area contributed by atoms with Gasteiger partial charge in [0, 0.05) is 12.3 Å². The fourth-order valence-corrected chi connectivity index (χ4v) is 2.69. The molecular weight excluding hydrogens is 374 g/mol. The topological polar surface area (TPSA) is 108 Å². The maximum atomic E-state index is 13.0. The number of nitro groups is 1. The molecule has 0 aliphatic carbocycles. The van der Waals surface area contributed by atoms with Gasteiger partial charge in [-0.2, -0.15) is 10.2 Å². The lowest BCUT2D eigenvalue weighted by molar-refractivity contribution is -0.386. The summed E-state index contributed by atoms with van der Waals surface area (Å²) in [5, 5.41) is 21.2. The fourth-order valence-electron chi connectivity index (χ4n) is 2.69. The van der Waals surface area contributed by atoms with E-state index in [9.17, 15) is 23.7 Å². The summed E-state index contributed by atoms with van der Waals surface area (Å²) in [6.07, 6.45) is -1.43. The van der Waals surface area contributed by atoms with E-state index in [2.05, 4.69) is 15.5 Å². The highest BCUT2D eigenvalue weighted by molar-refractivity contribution is 5.89. The van der Waals surface area contributed by atoms with Crippen LogP contribution in [0.3, 0.4) is 0 Å². The maximum absolute atomic E-state index is 13.0. The highest BCUT2D eigenvalue weighted by Gasteiger charge is 2.31. The molecule has 146 valence electrons. The maximum Gasteiger partial charge on any atom is 0.319 e. The Morgan fingerprint density at radius 1 is 1.25 bits per heavy atom. The lowest BCUT2D eigenvalue weighted by atomic mass is 10.2. The van der Waals surface area contributed by atoms with Crippen LogP contribution in [-0.2, 0) is 17.9 Å². The van der Waals surface area contributed by atoms with Crippen LogP contribution in [0.25, 0.3) is 0 Å². The van der Waals surface area contributed by atoms with E-state index in [1.54, 1.807) is 16.9 Å². The van der Waals surface area contributed by atoms with E-state index >= 15 is 0 Å². The van der Waals surface area contributed by atoms with Crippen molar-refractivity contribution in [2.45, 2.75) is 26.4 Å². The van der Waals surface area contributed by atoms with Crippen molar-refractivity contribution < 1.29 is 18.5 Å². The molecule has 0 radical (unpaired) electrons. The number of nitrogens with one attached hydrogen (secondary N) is 1. The molecule has 0 fully saturated rings. The first kappa shape index (κ1) is 19.1. The first-order chi connectivity index (χ1) is 13.3. The zero-order chi connectivity index (χ0) is 20.3. The minimum Gasteiger partial charge on any atom is -0.308 e. The summed E-state index contributed by atoms with van der Waals surface area (Å²) in [6.45, 7) is 1.32. The monoisotopic (exact) mass is 390 g/mol. The molecule has 0 aliphatic heterocycles.